The highest BCUT2D eigenvalue weighted by Crippen LogP contribution is 2.31. The molecule has 0 aliphatic carbocycles. The summed E-state index contributed by atoms with van der Waals surface area (Å²) < 4.78 is 0. The van der Waals surface area contributed by atoms with Crippen LogP contribution in [0.15, 0.2) is 122 Å². The van der Waals surface area contributed by atoms with E-state index in [1.807, 2.05) is 60.8 Å². The van der Waals surface area contributed by atoms with Crippen molar-refractivity contribution in [3.8, 4) is 45.2 Å². The zero-order valence-corrected chi connectivity index (χ0v) is 18.3. The molecule has 4 heteroatoms. The fraction of sp³-hybridized carbons (Fsp3) is 0. The van der Waals surface area contributed by atoms with Crippen molar-refractivity contribution in [3.63, 3.8) is 0 Å². The predicted molar refractivity (Wildman–Crippen MR) is 137 cm³/mol. The van der Waals surface area contributed by atoms with Crippen LogP contribution in [0, 0.1) is 0 Å². The summed E-state index contributed by atoms with van der Waals surface area (Å²) >= 11 is 0. The van der Waals surface area contributed by atoms with Crippen LogP contribution in [0.3, 0.4) is 0 Å². The van der Waals surface area contributed by atoms with Crippen molar-refractivity contribution >= 4 is 10.9 Å². The molecule has 0 unspecified atom stereocenters. The molecule has 0 saturated carbocycles. The van der Waals surface area contributed by atoms with Gasteiger partial charge in [0.25, 0.3) is 0 Å². The van der Waals surface area contributed by atoms with Gasteiger partial charge in [-0.3, -0.25) is 9.97 Å². The van der Waals surface area contributed by atoms with Crippen LogP contribution in [0.25, 0.3) is 56.1 Å². The van der Waals surface area contributed by atoms with E-state index < -0.39 is 0 Å². The van der Waals surface area contributed by atoms with E-state index >= 15 is 0 Å². The van der Waals surface area contributed by atoms with Gasteiger partial charge in [-0.2, -0.15) is 0 Å². The number of aromatic nitrogens is 4. The van der Waals surface area contributed by atoms with Crippen LogP contribution in [0.2, 0.25) is 0 Å². The Balaban J connectivity index is 1.42. The molecule has 3 aromatic heterocycles. The summed E-state index contributed by atoms with van der Waals surface area (Å²) in [6.45, 7) is 0. The highest BCUT2D eigenvalue weighted by atomic mass is 14.9. The Morgan fingerprint density at radius 3 is 1.53 bits per heavy atom. The van der Waals surface area contributed by atoms with E-state index in [2.05, 4.69) is 64.6 Å². The van der Waals surface area contributed by atoms with Crippen LogP contribution in [0.4, 0.5) is 0 Å². The molecule has 0 bridgehead atoms. The molecule has 3 aromatic carbocycles. The molecule has 0 amide bonds. The first-order chi connectivity index (χ1) is 16.8. The van der Waals surface area contributed by atoms with Crippen LogP contribution in [0.5, 0.6) is 0 Å². The molecular formula is C30H20N4. The first-order valence-electron chi connectivity index (χ1n) is 11.2. The summed E-state index contributed by atoms with van der Waals surface area (Å²) in [6, 6.07) is 36.7. The quantitative estimate of drug-likeness (QED) is 0.296. The van der Waals surface area contributed by atoms with Gasteiger partial charge in [0.05, 0.1) is 22.6 Å². The Kier molecular flexibility index (Phi) is 5.09. The predicted octanol–water partition coefficient (Wildman–Crippen LogP) is 7.09. The molecule has 0 aliphatic heterocycles. The second kappa shape index (κ2) is 8.68. The number of rotatable bonds is 4. The van der Waals surface area contributed by atoms with Crippen LogP contribution < -0.4 is 0 Å². The average Bonchev–Trinajstić information content (AvgIpc) is 2.94. The number of para-hydroxylation sites is 1. The van der Waals surface area contributed by atoms with E-state index in [1.165, 1.54) is 0 Å². The Bertz CT molecular complexity index is 1560. The third kappa shape index (κ3) is 3.82. The summed E-state index contributed by atoms with van der Waals surface area (Å²) in [4.78, 5) is 18.8. The van der Waals surface area contributed by atoms with Crippen LogP contribution in [-0.2, 0) is 0 Å². The fourth-order valence-electron chi connectivity index (χ4n) is 4.08. The maximum absolute atomic E-state index is 5.00. The minimum Gasteiger partial charge on any atom is -0.256 e. The first kappa shape index (κ1) is 19.9. The number of hydrogen-bond donors (Lipinski definition) is 0. The molecule has 3 heterocycles. The Hall–Kier alpha value is -4.70. The summed E-state index contributed by atoms with van der Waals surface area (Å²) in [7, 11) is 0. The summed E-state index contributed by atoms with van der Waals surface area (Å²) in [5, 5.41) is 1.03. The van der Waals surface area contributed by atoms with Crippen LogP contribution >= 0.6 is 0 Å². The monoisotopic (exact) mass is 436 g/mol. The number of pyridine rings is 2. The molecule has 0 fully saturated rings. The van der Waals surface area contributed by atoms with Crippen molar-refractivity contribution in [2.24, 2.45) is 0 Å². The molecule has 4 nitrogen and oxygen atoms in total. The van der Waals surface area contributed by atoms with Gasteiger partial charge in [-0.1, -0.05) is 78.9 Å². The van der Waals surface area contributed by atoms with Gasteiger partial charge in [0.2, 0.25) is 0 Å². The van der Waals surface area contributed by atoms with Crippen molar-refractivity contribution in [3.05, 3.63) is 122 Å². The zero-order chi connectivity index (χ0) is 22.7. The van der Waals surface area contributed by atoms with Crippen molar-refractivity contribution in [1.29, 1.82) is 0 Å². The molecule has 0 spiro atoms. The standard InChI is InChI=1S/C30H20N4/c1-2-10-28-25(7-1)29(23-15-11-21(12-16-23)26-8-3-5-19-31-26)34-30(33-28)24-17-13-22(14-18-24)27-9-4-6-20-32-27/h1-20H. The van der Waals surface area contributed by atoms with Crippen molar-refractivity contribution < 1.29 is 0 Å². The summed E-state index contributed by atoms with van der Waals surface area (Å²) in [5.41, 5.74) is 7.90. The molecule has 0 saturated heterocycles. The molecule has 0 aliphatic rings. The summed E-state index contributed by atoms with van der Waals surface area (Å²) in [5.74, 6) is 0.704. The lowest BCUT2D eigenvalue weighted by Gasteiger charge is -2.10. The van der Waals surface area contributed by atoms with E-state index in [9.17, 15) is 0 Å². The maximum Gasteiger partial charge on any atom is 0.160 e. The third-order valence-electron chi connectivity index (χ3n) is 5.83. The highest BCUT2D eigenvalue weighted by Gasteiger charge is 2.12. The Morgan fingerprint density at radius 1 is 0.412 bits per heavy atom. The first-order valence-corrected chi connectivity index (χ1v) is 11.2. The average molecular weight is 437 g/mol. The zero-order valence-electron chi connectivity index (χ0n) is 18.3. The topological polar surface area (TPSA) is 51.6 Å². The smallest absolute Gasteiger partial charge is 0.160 e. The minimum atomic E-state index is 0.704. The molecule has 0 atom stereocenters. The summed E-state index contributed by atoms with van der Waals surface area (Å²) in [6.07, 6.45) is 3.62. The van der Waals surface area contributed by atoms with Crippen molar-refractivity contribution in [2.45, 2.75) is 0 Å². The Morgan fingerprint density at radius 2 is 0.941 bits per heavy atom. The largest absolute Gasteiger partial charge is 0.256 e. The van der Waals surface area contributed by atoms with Crippen molar-refractivity contribution in [1.82, 2.24) is 19.9 Å². The van der Waals surface area contributed by atoms with Gasteiger partial charge in [0.15, 0.2) is 5.82 Å². The number of nitrogens with zero attached hydrogens (tertiary/aromatic N) is 4. The fourth-order valence-corrected chi connectivity index (χ4v) is 4.08. The van der Waals surface area contributed by atoms with E-state index in [0.717, 1.165) is 50.2 Å². The lowest BCUT2D eigenvalue weighted by atomic mass is 10.0. The normalized spacial score (nSPS) is 10.9. The van der Waals surface area contributed by atoms with Gasteiger partial charge in [0, 0.05) is 40.0 Å². The molecule has 6 aromatic rings. The lowest BCUT2D eigenvalue weighted by molar-refractivity contribution is 1.23. The van der Waals surface area contributed by atoms with Gasteiger partial charge in [-0.15, -0.1) is 0 Å². The van der Waals surface area contributed by atoms with Crippen LogP contribution in [-0.4, -0.2) is 19.9 Å². The van der Waals surface area contributed by atoms with E-state index in [4.69, 9.17) is 9.97 Å². The molecule has 6 rings (SSSR count). The van der Waals surface area contributed by atoms with Gasteiger partial charge in [0.1, 0.15) is 0 Å². The third-order valence-corrected chi connectivity index (χ3v) is 5.83. The van der Waals surface area contributed by atoms with E-state index in [-0.39, 0.29) is 0 Å². The van der Waals surface area contributed by atoms with Crippen molar-refractivity contribution in [2.75, 3.05) is 0 Å². The minimum absolute atomic E-state index is 0.704. The number of benzene rings is 3. The van der Waals surface area contributed by atoms with Gasteiger partial charge in [-0.05, 0) is 30.3 Å². The number of fused-ring (bicyclic) bond motifs is 1. The highest BCUT2D eigenvalue weighted by molar-refractivity contribution is 5.93. The van der Waals surface area contributed by atoms with Gasteiger partial charge >= 0.3 is 0 Å². The van der Waals surface area contributed by atoms with Gasteiger partial charge < -0.3 is 0 Å². The molecule has 160 valence electrons. The molecule has 0 radical (unpaired) electrons. The van der Waals surface area contributed by atoms with E-state index in [0.29, 0.717) is 5.82 Å². The lowest BCUT2D eigenvalue weighted by Crippen LogP contribution is -1.95. The second-order valence-electron chi connectivity index (χ2n) is 8.00. The molecular weight excluding hydrogens is 416 g/mol. The van der Waals surface area contributed by atoms with Gasteiger partial charge in [-0.25, -0.2) is 9.97 Å². The molecule has 0 N–H and O–H groups in total. The molecule has 34 heavy (non-hydrogen) atoms. The maximum atomic E-state index is 5.00. The SMILES string of the molecule is c1ccc(-c2ccc(-c3nc(-c4ccc(-c5ccccn5)cc4)c4ccccc4n3)cc2)nc1. The Labute approximate surface area is 197 Å². The second-order valence-corrected chi connectivity index (χ2v) is 8.00. The van der Waals surface area contributed by atoms with Crippen LogP contribution in [0.1, 0.15) is 0 Å². The van der Waals surface area contributed by atoms with E-state index in [1.54, 1.807) is 6.20 Å². The number of hydrogen-bond acceptors (Lipinski definition) is 4.